The molecule has 0 spiro atoms. The van der Waals surface area contributed by atoms with E-state index in [4.69, 9.17) is 5.73 Å². The molecule has 2 unspecified atom stereocenters. The van der Waals surface area contributed by atoms with Crippen molar-refractivity contribution in [2.24, 2.45) is 5.73 Å². The average Bonchev–Trinajstić information content (AvgIpc) is 2.30. The molecule has 1 saturated heterocycles. The maximum Gasteiger partial charge on any atom is 0.0343 e. The predicted molar refractivity (Wildman–Crippen MR) is 68.5 cm³/mol. The maximum atomic E-state index is 5.86. The van der Waals surface area contributed by atoms with Crippen molar-refractivity contribution in [3.63, 3.8) is 0 Å². The van der Waals surface area contributed by atoms with E-state index < -0.39 is 0 Å². The molecule has 2 aliphatic rings. The first-order chi connectivity index (χ1) is 7.72. The van der Waals surface area contributed by atoms with Gasteiger partial charge < -0.3 is 5.73 Å². The Morgan fingerprint density at radius 2 is 1.81 bits per heavy atom. The number of likely N-dealkylation sites (N-methyl/N-ethyl adjacent to an activating group) is 1. The Kier molecular flexibility index (Phi) is 4.22. The van der Waals surface area contributed by atoms with Crippen molar-refractivity contribution in [3.8, 4) is 0 Å². The van der Waals surface area contributed by atoms with Crippen LogP contribution < -0.4 is 5.73 Å². The number of rotatable bonds is 2. The fourth-order valence-electron chi connectivity index (χ4n) is 3.41. The van der Waals surface area contributed by atoms with Gasteiger partial charge in [-0.05, 0) is 26.8 Å². The van der Waals surface area contributed by atoms with E-state index in [0.717, 1.165) is 12.6 Å². The van der Waals surface area contributed by atoms with Gasteiger partial charge in [-0.15, -0.1) is 0 Å². The number of nitrogens with zero attached hydrogens (tertiary/aromatic N) is 2. The molecule has 2 N–H and O–H groups in total. The van der Waals surface area contributed by atoms with Gasteiger partial charge in [-0.3, -0.25) is 9.80 Å². The third kappa shape index (κ3) is 2.58. The molecule has 3 heteroatoms. The van der Waals surface area contributed by atoms with E-state index in [-0.39, 0.29) is 0 Å². The second kappa shape index (κ2) is 5.48. The van der Waals surface area contributed by atoms with E-state index in [0.29, 0.717) is 12.1 Å². The summed E-state index contributed by atoms with van der Waals surface area (Å²) < 4.78 is 0. The lowest BCUT2D eigenvalue weighted by Gasteiger charge is -2.47. The number of hydrogen-bond acceptors (Lipinski definition) is 3. The molecule has 1 aliphatic carbocycles. The van der Waals surface area contributed by atoms with Gasteiger partial charge in [-0.2, -0.15) is 0 Å². The van der Waals surface area contributed by atoms with Gasteiger partial charge in [-0.1, -0.05) is 19.3 Å². The van der Waals surface area contributed by atoms with E-state index in [1.165, 1.54) is 45.2 Å². The summed E-state index contributed by atoms with van der Waals surface area (Å²) in [6.07, 6.45) is 7.11. The van der Waals surface area contributed by atoms with Crippen LogP contribution in [-0.2, 0) is 0 Å². The summed E-state index contributed by atoms with van der Waals surface area (Å²) >= 11 is 0. The highest BCUT2D eigenvalue weighted by Gasteiger charge is 2.33. The van der Waals surface area contributed by atoms with Crippen LogP contribution in [0.2, 0.25) is 0 Å². The topological polar surface area (TPSA) is 32.5 Å². The van der Waals surface area contributed by atoms with Gasteiger partial charge in [0.2, 0.25) is 0 Å². The smallest absolute Gasteiger partial charge is 0.0343 e. The lowest BCUT2D eigenvalue weighted by molar-refractivity contribution is 0.0135. The van der Waals surface area contributed by atoms with Crippen LogP contribution in [0.25, 0.3) is 0 Å². The van der Waals surface area contributed by atoms with Crippen molar-refractivity contribution < 1.29 is 0 Å². The molecule has 0 bridgehead atoms. The molecule has 2 fully saturated rings. The summed E-state index contributed by atoms with van der Waals surface area (Å²) in [5, 5.41) is 0. The average molecular weight is 225 g/mol. The Hall–Kier alpha value is -0.120. The molecule has 2 atom stereocenters. The highest BCUT2D eigenvalue weighted by molar-refractivity contribution is 4.90. The van der Waals surface area contributed by atoms with E-state index in [9.17, 15) is 0 Å². The summed E-state index contributed by atoms with van der Waals surface area (Å²) in [5.41, 5.74) is 5.86. The normalized spacial score (nSPS) is 35.4. The van der Waals surface area contributed by atoms with Gasteiger partial charge in [0.05, 0.1) is 0 Å². The molecule has 0 amide bonds. The minimum absolute atomic E-state index is 0.568. The van der Waals surface area contributed by atoms with Crippen LogP contribution in [0.5, 0.6) is 0 Å². The van der Waals surface area contributed by atoms with E-state index in [1.807, 2.05) is 0 Å². The van der Waals surface area contributed by atoms with Crippen molar-refractivity contribution in [1.29, 1.82) is 0 Å². The fourth-order valence-corrected chi connectivity index (χ4v) is 3.41. The highest BCUT2D eigenvalue weighted by atomic mass is 15.3. The second-order valence-corrected chi connectivity index (χ2v) is 5.67. The van der Waals surface area contributed by atoms with Crippen LogP contribution in [0, 0.1) is 0 Å². The van der Waals surface area contributed by atoms with E-state index in [2.05, 4.69) is 23.8 Å². The molecule has 0 aromatic rings. The van der Waals surface area contributed by atoms with Crippen molar-refractivity contribution in [2.45, 2.75) is 57.2 Å². The van der Waals surface area contributed by atoms with E-state index in [1.54, 1.807) is 0 Å². The van der Waals surface area contributed by atoms with Crippen LogP contribution in [-0.4, -0.2) is 54.6 Å². The molecule has 0 aromatic heterocycles. The third-order valence-electron chi connectivity index (χ3n) is 4.48. The lowest BCUT2D eigenvalue weighted by Crippen LogP contribution is -2.60. The van der Waals surface area contributed by atoms with Gasteiger partial charge in [0.25, 0.3) is 0 Å². The Morgan fingerprint density at radius 3 is 2.44 bits per heavy atom. The van der Waals surface area contributed by atoms with E-state index >= 15 is 0 Å². The Balaban J connectivity index is 1.96. The lowest BCUT2D eigenvalue weighted by atomic mass is 9.91. The molecule has 94 valence electrons. The summed E-state index contributed by atoms with van der Waals surface area (Å²) in [6, 6.07) is 2.11. The first-order valence-electron chi connectivity index (χ1n) is 6.88. The minimum Gasteiger partial charge on any atom is -0.329 e. The van der Waals surface area contributed by atoms with Crippen LogP contribution >= 0.6 is 0 Å². The third-order valence-corrected chi connectivity index (χ3v) is 4.48. The zero-order valence-electron chi connectivity index (χ0n) is 10.9. The van der Waals surface area contributed by atoms with Crippen molar-refractivity contribution in [2.75, 3.05) is 26.7 Å². The minimum atomic E-state index is 0.568. The Bertz CT molecular complexity index is 213. The SMILES string of the molecule is CC1CN(C)C(CN)CN1C1CCCCC1. The highest BCUT2D eigenvalue weighted by Crippen LogP contribution is 2.26. The Morgan fingerprint density at radius 1 is 1.12 bits per heavy atom. The van der Waals surface area contributed by atoms with Crippen molar-refractivity contribution in [1.82, 2.24) is 9.80 Å². The molecule has 0 aromatic carbocycles. The summed E-state index contributed by atoms with van der Waals surface area (Å²) in [4.78, 5) is 5.17. The largest absolute Gasteiger partial charge is 0.329 e. The van der Waals surface area contributed by atoms with Crippen molar-refractivity contribution >= 4 is 0 Å². The van der Waals surface area contributed by atoms with Gasteiger partial charge >= 0.3 is 0 Å². The van der Waals surface area contributed by atoms with Gasteiger partial charge in [-0.25, -0.2) is 0 Å². The van der Waals surface area contributed by atoms with Crippen LogP contribution in [0.1, 0.15) is 39.0 Å². The van der Waals surface area contributed by atoms with Gasteiger partial charge in [0, 0.05) is 37.8 Å². The summed E-state index contributed by atoms with van der Waals surface area (Å²) in [7, 11) is 2.21. The molecule has 1 saturated carbocycles. The van der Waals surface area contributed by atoms with Crippen LogP contribution in [0.3, 0.4) is 0 Å². The standard InChI is InChI=1S/C13H27N3/c1-11-9-15(2)13(8-14)10-16(11)12-6-4-3-5-7-12/h11-13H,3-10,14H2,1-2H3. The molecular weight excluding hydrogens is 198 g/mol. The molecule has 2 rings (SSSR count). The second-order valence-electron chi connectivity index (χ2n) is 5.67. The monoisotopic (exact) mass is 225 g/mol. The van der Waals surface area contributed by atoms with Crippen LogP contribution in [0.15, 0.2) is 0 Å². The fraction of sp³-hybridized carbons (Fsp3) is 1.00. The van der Waals surface area contributed by atoms with Gasteiger partial charge in [0.15, 0.2) is 0 Å². The molecule has 3 nitrogen and oxygen atoms in total. The van der Waals surface area contributed by atoms with Crippen LogP contribution in [0.4, 0.5) is 0 Å². The number of nitrogens with two attached hydrogens (primary N) is 1. The molecule has 0 radical (unpaired) electrons. The predicted octanol–water partition coefficient (Wildman–Crippen LogP) is 1.28. The molecule has 16 heavy (non-hydrogen) atoms. The Labute approximate surface area is 100.0 Å². The number of piperazine rings is 1. The number of hydrogen-bond donors (Lipinski definition) is 1. The zero-order valence-corrected chi connectivity index (χ0v) is 10.9. The molecular formula is C13H27N3. The molecule has 1 aliphatic heterocycles. The van der Waals surface area contributed by atoms with Crippen molar-refractivity contribution in [3.05, 3.63) is 0 Å². The molecule has 1 heterocycles. The maximum absolute atomic E-state index is 5.86. The zero-order chi connectivity index (χ0) is 11.5. The quantitative estimate of drug-likeness (QED) is 0.768. The summed E-state index contributed by atoms with van der Waals surface area (Å²) in [5.74, 6) is 0. The van der Waals surface area contributed by atoms with Gasteiger partial charge in [0.1, 0.15) is 0 Å². The first kappa shape index (κ1) is 12.3. The first-order valence-corrected chi connectivity index (χ1v) is 6.88. The summed E-state index contributed by atoms with van der Waals surface area (Å²) in [6.45, 7) is 5.53.